The molecular formula is C21H20F2N4O2. The zero-order valence-corrected chi connectivity index (χ0v) is 15.6. The molecular weight excluding hydrogens is 378 g/mol. The third-order valence-electron chi connectivity index (χ3n) is 4.96. The van der Waals surface area contributed by atoms with Gasteiger partial charge in [0.15, 0.2) is 5.82 Å². The van der Waals surface area contributed by atoms with Gasteiger partial charge in [-0.2, -0.15) is 4.98 Å². The van der Waals surface area contributed by atoms with Crippen LogP contribution in [0, 0.1) is 11.6 Å². The summed E-state index contributed by atoms with van der Waals surface area (Å²) in [5.74, 6) is -0.272. The lowest BCUT2D eigenvalue weighted by atomic mass is 9.96. The summed E-state index contributed by atoms with van der Waals surface area (Å²) in [5.41, 5.74) is 1.35. The summed E-state index contributed by atoms with van der Waals surface area (Å²) in [5, 5.41) is 7.07. The van der Waals surface area contributed by atoms with Crippen molar-refractivity contribution in [3.8, 4) is 0 Å². The molecule has 1 saturated heterocycles. The fourth-order valence-corrected chi connectivity index (χ4v) is 3.40. The first-order valence-electron chi connectivity index (χ1n) is 9.45. The normalized spacial score (nSPS) is 16.6. The van der Waals surface area contributed by atoms with E-state index in [1.807, 2.05) is 0 Å². The average molecular weight is 398 g/mol. The van der Waals surface area contributed by atoms with Crippen molar-refractivity contribution in [2.24, 2.45) is 0 Å². The minimum absolute atomic E-state index is 0.0294. The molecule has 8 heteroatoms. The molecule has 0 saturated carbocycles. The highest BCUT2D eigenvalue weighted by atomic mass is 19.1. The number of aromatic nitrogens is 2. The Morgan fingerprint density at radius 3 is 2.52 bits per heavy atom. The third-order valence-corrected chi connectivity index (χ3v) is 4.96. The lowest BCUT2D eigenvalue weighted by Gasteiger charge is -2.31. The summed E-state index contributed by atoms with van der Waals surface area (Å²) >= 11 is 0. The van der Waals surface area contributed by atoms with E-state index >= 15 is 0 Å². The van der Waals surface area contributed by atoms with Gasteiger partial charge in [0.25, 0.3) is 5.91 Å². The predicted octanol–water partition coefficient (Wildman–Crippen LogP) is 3.98. The first-order valence-corrected chi connectivity index (χ1v) is 9.45. The van der Waals surface area contributed by atoms with Crippen molar-refractivity contribution in [3.63, 3.8) is 0 Å². The van der Waals surface area contributed by atoms with Gasteiger partial charge in [-0.1, -0.05) is 17.3 Å². The molecule has 1 aromatic heterocycles. The second-order valence-corrected chi connectivity index (χ2v) is 7.03. The van der Waals surface area contributed by atoms with Crippen molar-refractivity contribution < 1.29 is 18.1 Å². The summed E-state index contributed by atoms with van der Waals surface area (Å²) in [6, 6.07) is 12.0. The van der Waals surface area contributed by atoms with Crippen molar-refractivity contribution in [2.45, 2.75) is 25.3 Å². The van der Waals surface area contributed by atoms with Crippen LogP contribution in [-0.2, 0) is 6.54 Å². The fourth-order valence-electron chi connectivity index (χ4n) is 3.40. The van der Waals surface area contributed by atoms with Crippen LogP contribution in [0.2, 0.25) is 0 Å². The molecule has 2 heterocycles. The molecule has 1 amide bonds. The number of nitrogens with zero attached hydrogens (tertiary/aromatic N) is 3. The number of rotatable bonds is 5. The lowest BCUT2D eigenvalue weighted by molar-refractivity contribution is 0.0703. The highest BCUT2D eigenvalue weighted by molar-refractivity contribution is 5.94. The number of piperidine rings is 1. The number of likely N-dealkylation sites (tertiary alicyclic amines) is 1. The van der Waals surface area contributed by atoms with Gasteiger partial charge in [0, 0.05) is 31.1 Å². The molecule has 0 spiro atoms. The Kier molecular flexibility index (Phi) is 5.50. The quantitative estimate of drug-likeness (QED) is 0.704. The first kappa shape index (κ1) is 19.0. The van der Waals surface area contributed by atoms with Gasteiger partial charge in [-0.3, -0.25) is 4.79 Å². The smallest absolute Gasteiger partial charge is 0.321 e. The zero-order chi connectivity index (χ0) is 20.2. The number of anilines is 1. The Morgan fingerprint density at radius 2 is 1.79 bits per heavy atom. The van der Waals surface area contributed by atoms with Crippen molar-refractivity contribution in [3.05, 3.63) is 77.1 Å². The minimum Gasteiger partial charge on any atom is -0.338 e. The molecule has 0 unspecified atom stereocenters. The molecule has 1 atom stereocenters. The van der Waals surface area contributed by atoms with Crippen LogP contribution in [0.3, 0.4) is 0 Å². The molecule has 150 valence electrons. The van der Waals surface area contributed by atoms with Crippen LogP contribution in [0.15, 0.2) is 53.1 Å². The molecule has 1 aliphatic rings. The topological polar surface area (TPSA) is 71.3 Å². The minimum atomic E-state index is -0.370. The van der Waals surface area contributed by atoms with Crippen LogP contribution in [0.4, 0.5) is 14.8 Å². The molecule has 1 N–H and O–H groups in total. The van der Waals surface area contributed by atoms with Crippen LogP contribution in [0.25, 0.3) is 0 Å². The largest absolute Gasteiger partial charge is 0.338 e. The number of carbonyl (C=O) groups excluding carboxylic acids is 1. The van der Waals surface area contributed by atoms with Crippen molar-refractivity contribution >= 4 is 11.9 Å². The Bertz CT molecular complexity index is 973. The van der Waals surface area contributed by atoms with Crippen LogP contribution >= 0.6 is 0 Å². The Balaban J connectivity index is 1.37. The number of hydrogen-bond acceptors (Lipinski definition) is 5. The Hall–Kier alpha value is -3.29. The van der Waals surface area contributed by atoms with Crippen LogP contribution in [0.5, 0.6) is 0 Å². The van der Waals surface area contributed by atoms with Crippen molar-refractivity contribution in [1.29, 1.82) is 0 Å². The lowest BCUT2D eigenvalue weighted by Crippen LogP contribution is -2.39. The maximum Gasteiger partial charge on any atom is 0.321 e. The van der Waals surface area contributed by atoms with Gasteiger partial charge >= 0.3 is 6.01 Å². The van der Waals surface area contributed by atoms with E-state index in [-0.39, 0.29) is 29.5 Å². The second kappa shape index (κ2) is 8.38. The highest BCUT2D eigenvalue weighted by Gasteiger charge is 2.28. The molecule has 3 aromatic rings. The van der Waals surface area contributed by atoms with Gasteiger partial charge in [-0.05, 0) is 54.8 Å². The number of hydrogen-bond donors (Lipinski definition) is 1. The van der Waals surface area contributed by atoms with Crippen LogP contribution < -0.4 is 5.32 Å². The van der Waals surface area contributed by atoms with Crippen molar-refractivity contribution in [2.75, 3.05) is 18.4 Å². The molecule has 0 bridgehead atoms. The van der Waals surface area contributed by atoms with E-state index in [2.05, 4.69) is 15.5 Å². The Labute approximate surface area is 166 Å². The molecule has 0 aliphatic carbocycles. The van der Waals surface area contributed by atoms with Gasteiger partial charge in [0.05, 0.1) is 0 Å². The van der Waals surface area contributed by atoms with E-state index in [9.17, 15) is 13.6 Å². The number of halogens is 2. The molecule has 6 nitrogen and oxygen atoms in total. The van der Waals surface area contributed by atoms with Crippen LogP contribution in [-0.4, -0.2) is 34.0 Å². The molecule has 0 radical (unpaired) electrons. The third kappa shape index (κ3) is 4.59. The van der Waals surface area contributed by atoms with Gasteiger partial charge in [-0.15, -0.1) is 0 Å². The van der Waals surface area contributed by atoms with E-state index in [1.54, 1.807) is 17.0 Å². The summed E-state index contributed by atoms with van der Waals surface area (Å²) in [6.07, 6.45) is 1.68. The number of nitrogens with one attached hydrogen (secondary N) is 1. The van der Waals surface area contributed by atoms with E-state index in [0.29, 0.717) is 31.0 Å². The van der Waals surface area contributed by atoms with Crippen molar-refractivity contribution in [1.82, 2.24) is 15.0 Å². The molecule has 1 aliphatic heterocycles. The maximum absolute atomic E-state index is 13.1. The number of amides is 1. The number of benzene rings is 2. The molecule has 1 fully saturated rings. The maximum atomic E-state index is 13.1. The van der Waals surface area contributed by atoms with Crippen LogP contribution in [0.1, 0.15) is 40.5 Å². The molecule has 29 heavy (non-hydrogen) atoms. The number of carbonyl (C=O) groups is 1. The van der Waals surface area contributed by atoms with E-state index < -0.39 is 0 Å². The van der Waals surface area contributed by atoms with E-state index in [1.165, 1.54) is 36.4 Å². The highest BCUT2D eigenvalue weighted by Crippen LogP contribution is 2.27. The van der Waals surface area contributed by atoms with Gasteiger partial charge in [0.2, 0.25) is 0 Å². The summed E-state index contributed by atoms with van der Waals surface area (Å²) in [4.78, 5) is 18.8. The molecule has 4 rings (SSSR count). The zero-order valence-electron chi connectivity index (χ0n) is 15.6. The Morgan fingerprint density at radius 1 is 1.10 bits per heavy atom. The van der Waals surface area contributed by atoms with E-state index in [4.69, 9.17) is 4.52 Å². The first-order chi connectivity index (χ1) is 14.1. The molecule has 2 aromatic carbocycles. The van der Waals surface area contributed by atoms with Gasteiger partial charge in [0.1, 0.15) is 11.6 Å². The standard InChI is InChI=1S/C21H20F2N4O2/c22-17-7-3-14(4-8-17)12-24-21-25-19(26-29-21)16-2-1-11-27(13-16)20(28)15-5-9-18(23)10-6-15/h3-10,16H,1-2,11-13H2,(H,24,25,26)/t16-/m0/s1. The summed E-state index contributed by atoms with van der Waals surface area (Å²) < 4.78 is 31.3. The predicted molar refractivity (Wildman–Crippen MR) is 102 cm³/mol. The monoisotopic (exact) mass is 398 g/mol. The van der Waals surface area contributed by atoms with Gasteiger partial charge in [-0.25, -0.2) is 8.78 Å². The van der Waals surface area contributed by atoms with Gasteiger partial charge < -0.3 is 14.7 Å². The van der Waals surface area contributed by atoms with E-state index in [0.717, 1.165) is 18.4 Å². The summed E-state index contributed by atoms with van der Waals surface area (Å²) in [6.45, 7) is 1.55. The average Bonchev–Trinajstić information content (AvgIpc) is 3.23. The fraction of sp³-hybridized carbons (Fsp3) is 0.286. The SMILES string of the molecule is O=C(c1ccc(F)cc1)N1CCC[C@H](c2noc(NCc3ccc(F)cc3)n2)C1. The summed E-state index contributed by atoms with van der Waals surface area (Å²) in [7, 11) is 0. The second-order valence-electron chi connectivity index (χ2n) is 7.03.